The van der Waals surface area contributed by atoms with Gasteiger partial charge in [-0.25, -0.2) is 4.68 Å². The molecule has 7 nitrogen and oxygen atoms in total. The highest BCUT2D eigenvalue weighted by Gasteiger charge is 2.23. The number of carbonyl (C=O) groups excluding carboxylic acids is 1. The fourth-order valence-electron chi connectivity index (χ4n) is 2.07. The molecule has 1 amide bonds. The molecule has 1 aromatic heterocycles. The summed E-state index contributed by atoms with van der Waals surface area (Å²) in [5.74, 6) is 7.68. The quantitative estimate of drug-likeness (QED) is 0.588. The Hall–Kier alpha value is -2.22. The second-order valence-corrected chi connectivity index (χ2v) is 6.21. The van der Waals surface area contributed by atoms with Gasteiger partial charge in [-0.1, -0.05) is 11.8 Å². The standard InChI is InChI=1S/C15H19N5O2S/c1-2-22-12-7-3-10(4-8-12)14-18-19-15(20(14)16)23-9-13(21)17-11-5-6-11/h3-4,7-8,11H,2,5-6,9,16H2,1H3,(H,17,21). The largest absolute Gasteiger partial charge is 0.494 e. The first-order chi connectivity index (χ1) is 11.2. The van der Waals surface area contributed by atoms with Crippen LogP contribution in [0.25, 0.3) is 11.4 Å². The van der Waals surface area contributed by atoms with Gasteiger partial charge in [0.2, 0.25) is 11.1 Å². The number of thioether (sulfide) groups is 1. The first-order valence-electron chi connectivity index (χ1n) is 7.53. The number of benzene rings is 1. The van der Waals surface area contributed by atoms with E-state index in [0.717, 1.165) is 24.2 Å². The summed E-state index contributed by atoms with van der Waals surface area (Å²) in [4.78, 5) is 11.7. The number of hydrogen-bond donors (Lipinski definition) is 2. The van der Waals surface area contributed by atoms with Gasteiger partial charge in [-0.2, -0.15) is 0 Å². The smallest absolute Gasteiger partial charge is 0.230 e. The van der Waals surface area contributed by atoms with Crippen molar-refractivity contribution in [2.45, 2.75) is 31.0 Å². The molecule has 0 radical (unpaired) electrons. The van der Waals surface area contributed by atoms with E-state index < -0.39 is 0 Å². The van der Waals surface area contributed by atoms with Crippen LogP contribution in [0.5, 0.6) is 5.75 Å². The monoisotopic (exact) mass is 333 g/mol. The lowest BCUT2D eigenvalue weighted by Gasteiger charge is -2.06. The maximum Gasteiger partial charge on any atom is 0.230 e. The van der Waals surface area contributed by atoms with Crippen LogP contribution in [-0.4, -0.2) is 39.2 Å². The third-order valence-electron chi connectivity index (χ3n) is 3.36. The average molecular weight is 333 g/mol. The zero-order chi connectivity index (χ0) is 16.2. The van der Waals surface area contributed by atoms with E-state index in [1.54, 1.807) is 0 Å². The van der Waals surface area contributed by atoms with Crippen molar-refractivity contribution < 1.29 is 9.53 Å². The van der Waals surface area contributed by atoms with Crippen LogP contribution in [0.3, 0.4) is 0 Å². The molecule has 3 rings (SSSR count). The molecular formula is C15H19N5O2S. The number of aromatic nitrogens is 3. The van der Waals surface area contributed by atoms with E-state index in [-0.39, 0.29) is 11.7 Å². The number of nitrogens with two attached hydrogens (primary N) is 1. The second kappa shape index (κ2) is 6.91. The Morgan fingerprint density at radius 2 is 2.13 bits per heavy atom. The van der Waals surface area contributed by atoms with Crippen molar-refractivity contribution in [1.82, 2.24) is 20.2 Å². The van der Waals surface area contributed by atoms with Gasteiger partial charge < -0.3 is 15.9 Å². The van der Waals surface area contributed by atoms with Gasteiger partial charge in [-0.3, -0.25) is 4.79 Å². The Kier molecular flexibility index (Phi) is 4.71. The predicted molar refractivity (Wildman–Crippen MR) is 88.7 cm³/mol. The SMILES string of the molecule is CCOc1ccc(-c2nnc(SCC(=O)NC3CC3)n2N)cc1. The Morgan fingerprint density at radius 1 is 1.39 bits per heavy atom. The number of rotatable bonds is 7. The van der Waals surface area contributed by atoms with E-state index >= 15 is 0 Å². The Balaban J connectivity index is 1.64. The van der Waals surface area contributed by atoms with Crippen molar-refractivity contribution in [1.29, 1.82) is 0 Å². The van der Waals surface area contributed by atoms with E-state index in [1.807, 2.05) is 31.2 Å². The molecule has 0 saturated heterocycles. The van der Waals surface area contributed by atoms with Crippen LogP contribution >= 0.6 is 11.8 Å². The third kappa shape index (κ3) is 3.95. The molecule has 23 heavy (non-hydrogen) atoms. The van der Waals surface area contributed by atoms with Crippen LogP contribution in [0.15, 0.2) is 29.4 Å². The second-order valence-electron chi connectivity index (χ2n) is 5.26. The molecule has 1 aliphatic rings. The van der Waals surface area contributed by atoms with Gasteiger partial charge in [0, 0.05) is 11.6 Å². The van der Waals surface area contributed by atoms with Crippen molar-refractivity contribution in [2.24, 2.45) is 0 Å². The van der Waals surface area contributed by atoms with Crippen LogP contribution in [0.1, 0.15) is 19.8 Å². The van der Waals surface area contributed by atoms with E-state index in [4.69, 9.17) is 10.6 Å². The minimum atomic E-state index is 0.00289. The highest BCUT2D eigenvalue weighted by molar-refractivity contribution is 7.99. The minimum absolute atomic E-state index is 0.00289. The summed E-state index contributed by atoms with van der Waals surface area (Å²) in [6.45, 7) is 2.56. The molecule has 0 unspecified atom stereocenters. The van der Waals surface area contributed by atoms with Crippen molar-refractivity contribution in [3.05, 3.63) is 24.3 Å². The van der Waals surface area contributed by atoms with Gasteiger partial charge >= 0.3 is 0 Å². The lowest BCUT2D eigenvalue weighted by molar-refractivity contribution is -0.118. The highest BCUT2D eigenvalue weighted by Crippen LogP contribution is 2.24. The topological polar surface area (TPSA) is 95.1 Å². The molecule has 2 aromatic rings. The lowest BCUT2D eigenvalue weighted by atomic mass is 10.2. The summed E-state index contributed by atoms with van der Waals surface area (Å²) in [7, 11) is 0. The van der Waals surface area contributed by atoms with Crippen LogP contribution in [0, 0.1) is 0 Å². The van der Waals surface area contributed by atoms with Crippen LogP contribution in [-0.2, 0) is 4.79 Å². The number of nitrogen functional groups attached to an aromatic ring is 1. The molecule has 0 atom stereocenters. The fourth-order valence-corrected chi connectivity index (χ4v) is 2.73. The number of hydrogen-bond acceptors (Lipinski definition) is 6. The van der Waals surface area contributed by atoms with Crippen LogP contribution in [0.4, 0.5) is 0 Å². The van der Waals surface area contributed by atoms with Gasteiger partial charge in [-0.15, -0.1) is 10.2 Å². The van der Waals surface area contributed by atoms with E-state index in [2.05, 4.69) is 15.5 Å². The maximum atomic E-state index is 11.7. The number of amides is 1. The zero-order valence-electron chi connectivity index (χ0n) is 12.9. The van der Waals surface area contributed by atoms with Gasteiger partial charge in [0.25, 0.3) is 0 Å². The van der Waals surface area contributed by atoms with Crippen LogP contribution in [0.2, 0.25) is 0 Å². The molecule has 0 bridgehead atoms. The first kappa shape index (κ1) is 15.7. The minimum Gasteiger partial charge on any atom is -0.494 e. The van der Waals surface area contributed by atoms with Crippen LogP contribution < -0.4 is 15.9 Å². The maximum absolute atomic E-state index is 11.7. The van der Waals surface area contributed by atoms with Gasteiger partial charge in [-0.05, 0) is 44.0 Å². The molecule has 1 heterocycles. The van der Waals surface area contributed by atoms with Crippen molar-refractivity contribution in [3.63, 3.8) is 0 Å². The summed E-state index contributed by atoms with van der Waals surface area (Å²) in [5.41, 5.74) is 0.845. The number of ether oxygens (including phenoxy) is 1. The number of nitrogens with zero attached hydrogens (tertiary/aromatic N) is 3. The fraction of sp³-hybridized carbons (Fsp3) is 0.400. The predicted octanol–water partition coefficient (Wildman–Crippen LogP) is 1.43. The highest BCUT2D eigenvalue weighted by atomic mass is 32.2. The average Bonchev–Trinajstić information content (AvgIpc) is 3.28. The molecule has 3 N–H and O–H groups in total. The molecule has 8 heteroatoms. The molecule has 122 valence electrons. The molecular weight excluding hydrogens is 314 g/mol. The molecule has 1 fully saturated rings. The Morgan fingerprint density at radius 3 is 2.78 bits per heavy atom. The molecule has 1 saturated carbocycles. The zero-order valence-corrected chi connectivity index (χ0v) is 13.7. The van der Waals surface area contributed by atoms with E-state index in [0.29, 0.717) is 23.6 Å². The third-order valence-corrected chi connectivity index (χ3v) is 4.31. The van der Waals surface area contributed by atoms with E-state index in [1.165, 1.54) is 16.4 Å². The normalized spacial score (nSPS) is 13.8. The van der Waals surface area contributed by atoms with E-state index in [9.17, 15) is 4.79 Å². The number of carbonyl (C=O) groups is 1. The molecule has 1 aliphatic carbocycles. The summed E-state index contributed by atoms with van der Waals surface area (Å²) < 4.78 is 6.82. The van der Waals surface area contributed by atoms with Gasteiger partial charge in [0.05, 0.1) is 12.4 Å². The lowest BCUT2D eigenvalue weighted by Crippen LogP contribution is -2.27. The molecule has 0 spiro atoms. The van der Waals surface area contributed by atoms with Crippen molar-refractivity contribution >= 4 is 17.7 Å². The van der Waals surface area contributed by atoms with Gasteiger partial charge in [0.1, 0.15) is 5.75 Å². The van der Waals surface area contributed by atoms with Gasteiger partial charge in [0.15, 0.2) is 5.82 Å². The number of nitrogens with one attached hydrogen (secondary N) is 1. The summed E-state index contributed by atoms with van der Waals surface area (Å²) in [5, 5.41) is 11.6. The Labute approximate surface area is 138 Å². The van der Waals surface area contributed by atoms with Crippen molar-refractivity contribution in [3.8, 4) is 17.1 Å². The first-order valence-corrected chi connectivity index (χ1v) is 8.52. The summed E-state index contributed by atoms with van der Waals surface area (Å²) in [6, 6.07) is 7.85. The summed E-state index contributed by atoms with van der Waals surface area (Å²) >= 11 is 1.28. The Bertz CT molecular complexity index is 682. The molecule has 0 aliphatic heterocycles. The summed E-state index contributed by atoms with van der Waals surface area (Å²) in [6.07, 6.45) is 2.15. The molecule has 1 aromatic carbocycles. The van der Waals surface area contributed by atoms with Crippen molar-refractivity contribution in [2.75, 3.05) is 18.2 Å².